The minimum Gasteiger partial charge on any atom is -0.354 e. The summed E-state index contributed by atoms with van der Waals surface area (Å²) in [6.07, 6.45) is 1.41. The van der Waals surface area contributed by atoms with E-state index < -0.39 is 0 Å². The van der Waals surface area contributed by atoms with Crippen LogP contribution in [0.1, 0.15) is 54.4 Å². The minimum atomic E-state index is -0.379. The molecule has 0 saturated heterocycles. The fraction of sp³-hybridized carbons (Fsp3) is 0.857. The summed E-state index contributed by atoms with van der Waals surface area (Å²) in [6, 6.07) is 0. The van der Waals surface area contributed by atoms with Crippen LogP contribution in [0.25, 0.3) is 0 Å². The van der Waals surface area contributed by atoms with E-state index in [1.165, 1.54) is 0 Å². The van der Waals surface area contributed by atoms with Crippen molar-refractivity contribution in [1.29, 1.82) is 0 Å². The van der Waals surface area contributed by atoms with E-state index in [2.05, 4.69) is 31.4 Å². The van der Waals surface area contributed by atoms with Gasteiger partial charge in [-0.25, -0.2) is 0 Å². The maximum atomic E-state index is 11.5. The number of carbonyl (C=O) groups is 2. The Morgan fingerprint density at radius 2 is 1.39 bits per heavy atom. The van der Waals surface area contributed by atoms with Crippen molar-refractivity contribution in [3.05, 3.63) is 0 Å². The lowest BCUT2D eigenvalue weighted by Crippen LogP contribution is -2.39. The monoisotopic (exact) mass is 256 g/mol. The van der Waals surface area contributed by atoms with E-state index >= 15 is 0 Å². The lowest BCUT2D eigenvalue weighted by atomic mass is 9.90. The van der Waals surface area contributed by atoms with Gasteiger partial charge in [0, 0.05) is 24.9 Å². The van der Waals surface area contributed by atoms with Crippen LogP contribution in [0, 0.1) is 10.8 Å². The smallest absolute Gasteiger partial charge is 0.225 e. The molecule has 0 bridgehead atoms. The van der Waals surface area contributed by atoms with Crippen molar-refractivity contribution >= 4 is 11.8 Å². The Bertz CT molecular complexity index is 285. The summed E-state index contributed by atoms with van der Waals surface area (Å²) in [5.41, 5.74) is -0.200. The van der Waals surface area contributed by atoms with Crippen molar-refractivity contribution in [2.24, 2.45) is 10.8 Å². The van der Waals surface area contributed by atoms with Gasteiger partial charge in [-0.2, -0.15) is 0 Å². The third-order valence-electron chi connectivity index (χ3n) is 2.52. The molecule has 0 aliphatic heterocycles. The summed E-state index contributed by atoms with van der Waals surface area (Å²) in [6.45, 7) is 12.9. The van der Waals surface area contributed by atoms with Crippen LogP contribution in [-0.4, -0.2) is 24.9 Å². The van der Waals surface area contributed by atoms with Crippen LogP contribution in [0.5, 0.6) is 0 Å². The maximum Gasteiger partial charge on any atom is 0.225 e. The largest absolute Gasteiger partial charge is 0.354 e. The van der Waals surface area contributed by atoms with Gasteiger partial charge in [0.1, 0.15) is 0 Å². The molecule has 0 aliphatic carbocycles. The summed E-state index contributed by atoms with van der Waals surface area (Å²) in [7, 11) is 0. The molecule has 0 aromatic rings. The summed E-state index contributed by atoms with van der Waals surface area (Å²) in [5, 5.41) is 5.61. The molecule has 0 unspecified atom stereocenters. The molecular formula is C14H28N2O2. The highest BCUT2D eigenvalue weighted by Gasteiger charge is 2.20. The van der Waals surface area contributed by atoms with E-state index in [1.807, 2.05) is 20.8 Å². The number of rotatable bonds is 5. The van der Waals surface area contributed by atoms with E-state index in [-0.39, 0.29) is 22.6 Å². The number of carbonyl (C=O) groups excluding carboxylic acids is 2. The fourth-order valence-corrected chi connectivity index (χ4v) is 1.22. The van der Waals surface area contributed by atoms with Gasteiger partial charge in [-0.15, -0.1) is 0 Å². The highest BCUT2D eigenvalue weighted by molar-refractivity contribution is 5.81. The molecule has 0 atom stereocenters. The lowest BCUT2D eigenvalue weighted by Gasteiger charge is -2.18. The average molecular weight is 256 g/mol. The number of hydrogen-bond donors (Lipinski definition) is 2. The molecule has 0 aromatic carbocycles. The van der Waals surface area contributed by atoms with Crippen LogP contribution >= 0.6 is 0 Å². The lowest BCUT2D eigenvalue weighted by molar-refractivity contribution is -0.128. The molecule has 0 aliphatic rings. The quantitative estimate of drug-likeness (QED) is 0.740. The molecule has 0 aromatic heterocycles. The first-order valence-corrected chi connectivity index (χ1v) is 6.57. The summed E-state index contributed by atoms with van der Waals surface area (Å²) >= 11 is 0. The molecule has 0 radical (unpaired) electrons. The van der Waals surface area contributed by atoms with Crippen molar-refractivity contribution in [3.63, 3.8) is 0 Å². The second-order valence-electron chi connectivity index (χ2n) is 6.92. The Balaban J connectivity index is 3.68. The van der Waals surface area contributed by atoms with E-state index in [0.29, 0.717) is 19.5 Å². The van der Waals surface area contributed by atoms with Gasteiger partial charge in [0.15, 0.2) is 0 Å². The van der Waals surface area contributed by atoms with Crippen molar-refractivity contribution in [2.45, 2.75) is 54.4 Å². The van der Waals surface area contributed by atoms with Gasteiger partial charge in [-0.05, 0) is 11.8 Å². The molecule has 0 rings (SSSR count). The van der Waals surface area contributed by atoms with Crippen LogP contribution in [0.2, 0.25) is 0 Å². The molecule has 4 nitrogen and oxygen atoms in total. The Morgan fingerprint density at radius 1 is 0.889 bits per heavy atom. The standard InChI is InChI=1S/C14H28N2O2/c1-13(2,3)8-7-11(17)15-9-10-16-12(18)14(4,5)6/h7-10H2,1-6H3,(H,15,17)(H,16,18). The van der Waals surface area contributed by atoms with Gasteiger partial charge in [0.05, 0.1) is 0 Å². The Morgan fingerprint density at radius 3 is 1.83 bits per heavy atom. The molecule has 2 amide bonds. The minimum absolute atomic E-state index is 0.00596. The summed E-state index contributed by atoms with van der Waals surface area (Å²) in [5.74, 6) is 0.0568. The second kappa shape index (κ2) is 6.76. The second-order valence-corrected chi connectivity index (χ2v) is 6.92. The van der Waals surface area contributed by atoms with Crippen LogP contribution in [0.3, 0.4) is 0 Å². The summed E-state index contributed by atoms with van der Waals surface area (Å²) in [4.78, 5) is 23.1. The van der Waals surface area contributed by atoms with Gasteiger partial charge < -0.3 is 10.6 Å². The third kappa shape index (κ3) is 9.02. The Labute approximate surface area is 111 Å². The van der Waals surface area contributed by atoms with Crippen molar-refractivity contribution < 1.29 is 9.59 Å². The number of amides is 2. The zero-order valence-corrected chi connectivity index (χ0v) is 12.6. The van der Waals surface area contributed by atoms with Gasteiger partial charge in [-0.3, -0.25) is 9.59 Å². The zero-order chi connectivity index (χ0) is 14.4. The SMILES string of the molecule is CC(C)(C)CCC(=O)NCCNC(=O)C(C)(C)C. The number of hydrogen-bond acceptors (Lipinski definition) is 2. The van der Waals surface area contributed by atoms with Crippen LogP contribution < -0.4 is 10.6 Å². The first kappa shape index (κ1) is 16.9. The fourth-order valence-electron chi connectivity index (χ4n) is 1.22. The molecule has 0 spiro atoms. The predicted molar refractivity (Wildman–Crippen MR) is 74.2 cm³/mol. The zero-order valence-electron chi connectivity index (χ0n) is 12.6. The first-order valence-electron chi connectivity index (χ1n) is 6.57. The normalized spacial score (nSPS) is 12.1. The molecule has 106 valence electrons. The molecule has 4 heteroatoms. The average Bonchev–Trinajstić information content (AvgIpc) is 2.18. The van der Waals surface area contributed by atoms with Crippen LogP contribution in [0.15, 0.2) is 0 Å². The first-order chi connectivity index (χ1) is 8.02. The van der Waals surface area contributed by atoms with E-state index in [0.717, 1.165) is 6.42 Å². The Hall–Kier alpha value is -1.06. The number of nitrogens with one attached hydrogen (secondary N) is 2. The molecule has 0 fully saturated rings. The van der Waals surface area contributed by atoms with Crippen molar-refractivity contribution in [2.75, 3.05) is 13.1 Å². The highest BCUT2D eigenvalue weighted by atomic mass is 16.2. The highest BCUT2D eigenvalue weighted by Crippen LogP contribution is 2.20. The van der Waals surface area contributed by atoms with Crippen molar-refractivity contribution in [1.82, 2.24) is 10.6 Å². The van der Waals surface area contributed by atoms with E-state index in [1.54, 1.807) is 0 Å². The predicted octanol–water partition coefficient (Wildman–Crippen LogP) is 2.09. The summed E-state index contributed by atoms with van der Waals surface area (Å²) < 4.78 is 0. The molecule has 0 heterocycles. The van der Waals surface area contributed by atoms with E-state index in [4.69, 9.17) is 0 Å². The topological polar surface area (TPSA) is 58.2 Å². The molecular weight excluding hydrogens is 228 g/mol. The van der Waals surface area contributed by atoms with Gasteiger partial charge >= 0.3 is 0 Å². The third-order valence-corrected chi connectivity index (χ3v) is 2.52. The molecule has 18 heavy (non-hydrogen) atoms. The van der Waals surface area contributed by atoms with Gasteiger partial charge in [-0.1, -0.05) is 41.5 Å². The van der Waals surface area contributed by atoms with Gasteiger partial charge in [0.25, 0.3) is 0 Å². The Kier molecular flexibility index (Phi) is 6.36. The maximum absolute atomic E-state index is 11.5. The van der Waals surface area contributed by atoms with Gasteiger partial charge in [0.2, 0.25) is 11.8 Å². The van der Waals surface area contributed by atoms with Crippen molar-refractivity contribution in [3.8, 4) is 0 Å². The van der Waals surface area contributed by atoms with Crippen LogP contribution in [0.4, 0.5) is 0 Å². The van der Waals surface area contributed by atoms with Crippen LogP contribution in [-0.2, 0) is 9.59 Å². The molecule has 0 saturated carbocycles. The molecule has 2 N–H and O–H groups in total. The van der Waals surface area contributed by atoms with E-state index in [9.17, 15) is 9.59 Å².